The number of hydrogen-bond donors (Lipinski definition) is 2. The number of nitrogens with zero attached hydrogens (tertiary/aromatic N) is 4. The summed E-state index contributed by atoms with van der Waals surface area (Å²) in [5, 5.41) is 16.9. The van der Waals surface area contributed by atoms with Crippen LogP contribution in [-0.4, -0.2) is 39.5 Å². The van der Waals surface area contributed by atoms with Gasteiger partial charge in [0.15, 0.2) is 11.0 Å². The van der Waals surface area contributed by atoms with E-state index in [1.54, 1.807) is 0 Å². The summed E-state index contributed by atoms with van der Waals surface area (Å²) < 4.78 is 0. The number of halogens is 1. The van der Waals surface area contributed by atoms with E-state index in [1.807, 2.05) is 4.90 Å². The number of aromatic nitrogens is 3. The number of nitrogens with two attached hydrogens (primary N) is 1. The second-order valence-electron chi connectivity index (χ2n) is 3.18. The van der Waals surface area contributed by atoms with Crippen LogP contribution in [0, 0.1) is 0 Å². The fourth-order valence-electron chi connectivity index (χ4n) is 1.37. The molecule has 1 aromatic heterocycles. The minimum Gasteiger partial charge on any atom is -0.391 e. The molecule has 6 nitrogen and oxygen atoms in total. The van der Waals surface area contributed by atoms with Gasteiger partial charge >= 0.3 is 0 Å². The third-order valence-electron chi connectivity index (χ3n) is 2.11. The molecule has 14 heavy (non-hydrogen) atoms. The van der Waals surface area contributed by atoms with Crippen LogP contribution in [0.4, 0.5) is 11.8 Å². The minimum atomic E-state index is -0.324. The highest BCUT2D eigenvalue weighted by molar-refractivity contribution is 6.31. The van der Waals surface area contributed by atoms with E-state index >= 15 is 0 Å². The molecule has 1 aliphatic rings. The number of nitrogen functional groups attached to an aromatic ring is 1. The molecule has 1 unspecified atom stereocenters. The average Bonchev–Trinajstić information content (AvgIpc) is 2.57. The smallest absolute Gasteiger partial charge is 0.247 e. The van der Waals surface area contributed by atoms with Crippen molar-refractivity contribution in [3.05, 3.63) is 5.15 Å². The van der Waals surface area contributed by atoms with E-state index in [4.69, 9.17) is 17.3 Å². The largest absolute Gasteiger partial charge is 0.391 e. The third-order valence-corrected chi connectivity index (χ3v) is 2.37. The summed E-state index contributed by atoms with van der Waals surface area (Å²) in [5.41, 5.74) is 5.49. The molecule has 0 saturated carbocycles. The Hall–Kier alpha value is -1.14. The van der Waals surface area contributed by atoms with E-state index < -0.39 is 0 Å². The van der Waals surface area contributed by atoms with Gasteiger partial charge in [0, 0.05) is 13.1 Å². The van der Waals surface area contributed by atoms with E-state index in [0.29, 0.717) is 25.5 Å². The molecule has 0 aromatic carbocycles. The second-order valence-corrected chi connectivity index (χ2v) is 3.53. The summed E-state index contributed by atoms with van der Waals surface area (Å²) in [4.78, 5) is 5.80. The maximum Gasteiger partial charge on any atom is 0.247 e. The Bertz CT molecular complexity index is 347. The molecule has 1 aromatic rings. The van der Waals surface area contributed by atoms with Crippen LogP contribution >= 0.6 is 11.6 Å². The van der Waals surface area contributed by atoms with E-state index in [1.165, 1.54) is 0 Å². The molecular weight excluding hydrogens is 206 g/mol. The van der Waals surface area contributed by atoms with Crippen LogP contribution < -0.4 is 10.6 Å². The molecule has 1 atom stereocenters. The SMILES string of the molecule is Nc1nc(N2CCC(O)C2)nnc1Cl. The number of aliphatic hydroxyl groups excluding tert-OH is 1. The zero-order valence-electron chi connectivity index (χ0n) is 7.39. The number of β-amino-alcohol motifs (C(OH)–C–C–N with tert-alkyl or cyclic N) is 1. The van der Waals surface area contributed by atoms with Crippen LogP contribution in [0.1, 0.15) is 6.42 Å². The van der Waals surface area contributed by atoms with Crippen molar-refractivity contribution in [2.45, 2.75) is 12.5 Å². The van der Waals surface area contributed by atoms with Gasteiger partial charge in [-0.25, -0.2) is 0 Å². The first-order valence-corrected chi connectivity index (χ1v) is 4.63. The molecule has 0 radical (unpaired) electrons. The van der Waals surface area contributed by atoms with Gasteiger partial charge in [-0.3, -0.25) is 0 Å². The van der Waals surface area contributed by atoms with Crippen LogP contribution in [0.2, 0.25) is 5.15 Å². The Morgan fingerprint density at radius 2 is 2.29 bits per heavy atom. The van der Waals surface area contributed by atoms with Crippen molar-refractivity contribution in [1.82, 2.24) is 15.2 Å². The van der Waals surface area contributed by atoms with Gasteiger partial charge in [0.1, 0.15) is 0 Å². The lowest BCUT2D eigenvalue weighted by molar-refractivity contribution is 0.198. The lowest BCUT2D eigenvalue weighted by Crippen LogP contribution is -2.24. The second kappa shape index (κ2) is 3.55. The van der Waals surface area contributed by atoms with Gasteiger partial charge in [-0.15, -0.1) is 10.2 Å². The predicted octanol–water partition coefficient (Wildman–Crippen LogP) is -0.322. The molecule has 0 spiro atoms. The van der Waals surface area contributed by atoms with Gasteiger partial charge in [0.05, 0.1) is 6.10 Å². The van der Waals surface area contributed by atoms with Gasteiger partial charge in [0.25, 0.3) is 0 Å². The van der Waals surface area contributed by atoms with Crippen LogP contribution in [0.25, 0.3) is 0 Å². The Labute approximate surface area is 85.7 Å². The van der Waals surface area contributed by atoms with Gasteiger partial charge in [-0.2, -0.15) is 4.98 Å². The van der Waals surface area contributed by atoms with Gasteiger partial charge in [-0.1, -0.05) is 11.6 Å². The molecule has 76 valence electrons. The first kappa shape index (κ1) is 9.42. The zero-order chi connectivity index (χ0) is 10.1. The lowest BCUT2D eigenvalue weighted by Gasteiger charge is -2.14. The maximum atomic E-state index is 9.31. The molecule has 3 N–H and O–H groups in total. The van der Waals surface area contributed by atoms with E-state index in [2.05, 4.69) is 15.2 Å². The van der Waals surface area contributed by atoms with Gasteiger partial charge in [0.2, 0.25) is 5.95 Å². The Morgan fingerprint density at radius 3 is 2.86 bits per heavy atom. The van der Waals surface area contributed by atoms with Crippen molar-refractivity contribution in [2.75, 3.05) is 23.7 Å². The molecule has 2 heterocycles. The molecule has 0 aliphatic carbocycles. The summed E-state index contributed by atoms with van der Waals surface area (Å²) in [6.07, 6.45) is 0.391. The van der Waals surface area contributed by atoms with Crippen molar-refractivity contribution >= 4 is 23.4 Å². The normalized spacial score (nSPS) is 21.6. The third kappa shape index (κ3) is 1.71. The first-order valence-electron chi connectivity index (χ1n) is 4.25. The topological polar surface area (TPSA) is 88.2 Å². The number of hydrogen-bond acceptors (Lipinski definition) is 6. The number of rotatable bonds is 1. The minimum absolute atomic E-state index is 0.105. The van der Waals surface area contributed by atoms with Crippen molar-refractivity contribution in [3.63, 3.8) is 0 Å². The fraction of sp³-hybridized carbons (Fsp3) is 0.571. The van der Waals surface area contributed by atoms with Gasteiger partial charge in [-0.05, 0) is 6.42 Å². The average molecular weight is 216 g/mol. The summed E-state index contributed by atoms with van der Waals surface area (Å²) in [7, 11) is 0. The molecule has 1 aliphatic heterocycles. The van der Waals surface area contributed by atoms with Crippen molar-refractivity contribution < 1.29 is 5.11 Å². The molecule has 2 rings (SSSR count). The Kier molecular flexibility index (Phi) is 2.39. The monoisotopic (exact) mass is 215 g/mol. The zero-order valence-corrected chi connectivity index (χ0v) is 8.15. The molecule has 1 fully saturated rings. The van der Waals surface area contributed by atoms with E-state index in [0.717, 1.165) is 0 Å². The van der Waals surface area contributed by atoms with Crippen molar-refractivity contribution in [2.24, 2.45) is 0 Å². The highest BCUT2D eigenvalue weighted by Crippen LogP contribution is 2.18. The van der Waals surface area contributed by atoms with Crippen LogP contribution in [0.15, 0.2) is 0 Å². The summed E-state index contributed by atoms with van der Waals surface area (Å²) >= 11 is 5.59. The maximum absolute atomic E-state index is 9.31. The quantitative estimate of drug-likeness (QED) is 0.668. The summed E-state index contributed by atoms with van der Waals surface area (Å²) in [6.45, 7) is 1.23. The van der Waals surface area contributed by atoms with E-state index in [-0.39, 0.29) is 17.1 Å². The highest BCUT2D eigenvalue weighted by Gasteiger charge is 2.23. The molecule has 0 amide bonds. The molecular formula is C7H10ClN5O. The van der Waals surface area contributed by atoms with Crippen molar-refractivity contribution in [1.29, 1.82) is 0 Å². The lowest BCUT2D eigenvalue weighted by atomic mass is 10.3. The van der Waals surface area contributed by atoms with Crippen LogP contribution in [0.3, 0.4) is 0 Å². The Balaban J connectivity index is 2.20. The number of anilines is 2. The van der Waals surface area contributed by atoms with Crippen LogP contribution in [0.5, 0.6) is 0 Å². The predicted molar refractivity (Wildman–Crippen MR) is 52.1 cm³/mol. The summed E-state index contributed by atoms with van der Waals surface area (Å²) in [6, 6.07) is 0. The summed E-state index contributed by atoms with van der Waals surface area (Å²) in [5.74, 6) is 0.585. The standard InChI is InChI=1S/C7H10ClN5O/c8-5-6(9)10-7(12-11-5)13-2-1-4(14)3-13/h4,14H,1-3H2,(H2,9,10,12). The molecule has 7 heteroatoms. The Morgan fingerprint density at radius 1 is 1.50 bits per heavy atom. The molecule has 0 bridgehead atoms. The van der Waals surface area contributed by atoms with E-state index in [9.17, 15) is 5.11 Å². The van der Waals surface area contributed by atoms with Crippen molar-refractivity contribution in [3.8, 4) is 0 Å². The van der Waals surface area contributed by atoms with Gasteiger partial charge < -0.3 is 15.7 Å². The van der Waals surface area contributed by atoms with Crippen LogP contribution in [-0.2, 0) is 0 Å². The molecule has 1 saturated heterocycles. The highest BCUT2D eigenvalue weighted by atomic mass is 35.5. The fourth-order valence-corrected chi connectivity index (χ4v) is 1.45. The number of aliphatic hydroxyl groups is 1. The first-order chi connectivity index (χ1) is 6.66.